The quantitative estimate of drug-likeness (QED) is 0.899. The molecule has 0 aromatic heterocycles. The van der Waals surface area contributed by atoms with Gasteiger partial charge in [-0.05, 0) is 37.0 Å². The number of nitrogens with one attached hydrogen (secondary N) is 1. The first-order valence-corrected chi connectivity index (χ1v) is 7.95. The van der Waals surface area contributed by atoms with Gasteiger partial charge in [-0.15, -0.1) is 0 Å². The van der Waals surface area contributed by atoms with Crippen LogP contribution in [0.25, 0.3) is 0 Å². The van der Waals surface area contributed by atoms with Gasteiger partial charge in [-0.1, -0.05) is 30.8 Å². The lowest BCUT2D eigenvalue weighted by Crippen LogP contribution is -2.34. The Morgan fingerprint density at radius 2 is 2.00 bits per heavy atom. The number of aliphatic imine (C=N–C) groups is 1. The molecule has 19 heavy (non-hydrogen) atoms. The van der Waals surface area contributed by atoms with Gasteiger partial charge in [0.15, 0.2) is 5.17 Å². The van der Waals surface area contributed by atoms with Crippen molar-refractivity contribution < 1.29 is 4.74 Å². The van der Waals surface area contributed by atoms with Crippen molar-refractivity contribution >= 4 is 22.6 Å². The van der Waals surface area contributed by atoms with Crippen molar-refractivity contribution in [2.45, 2.75) is 31.7 Å². The maximum absolute atomic E-state index is 5.44. The topological polar surface area (TPSA) is 33.6 Å². The van der Waals surface area contributed by atoms with Gasteiger partial charge in [-0.3, -0.25) is 4.99 Å². The highest BCUT2D eigenvalue weighted by atomic mass is 32.2. The average molecular weight is 276 g/mol. The van der Waals surface area contributed by atoms with Crippen LogP contribution in [0.2, 0.25) is 0 Å². The number of thioether (sulfide) groups is 1. The third kappa shape index (κ3) is 2.95. The van der Waals surface area contributed by atoms with Gasteiger partial charge >= 0.3 is 0 Å². The molecule has 1 saturated heterocycles. The third-order valence-electron chi connectivity index (χ3n) is 3.85. The Balaban J connectivity index is 1.67. The van der Waals surface area contributed by atoms with Gasteiger partial charge in [0.1, 0.15) is 0 Å². The van der Waals surface area contributed by atoms with E-state index in [0.29, 0.717) is 0 Å². The van der Waals surface area contributed by atoms with Crippen molar-refractivity contribution in [2.75, 3.05) is 24.3 Å². The van der Waals surface area contributed by atoms with Crippen LogP contribution >= 0.6 is 11.8 Å². The summed E-state index contributed by atoms with van der Waals surface area (Å²) in [6.45, 7) is 3.87. The van der Waals surface area contributed by atoms with Gasteiger partial charge in [0.2, 0.25) is 0 Å². The van der Waals surface area contributed by atoms with E-state index in [0.717, 1.165) is 49.1 Å². The number of benzene rings is 1. The van der Waals surface area contributed by atoms with Crippen LogP contribution in [0.1, 0.15) is 25.3 Å². The monoisotopic (exact) mass is 276 g/mol. The maximum atomic E-state index is 5.44. The molecule has 0 atom stereocenters. The van der Waals surface area contributed by atoms with Crippen LogP contribution in [0.5, 0.6) is 0 Å². The van der Waals surface area contributed by atoms with Crippen LogP contribution in [0.3, 0.4) is 0 Å². The van der Waals surface area contributed by atoms with E-state index in [1.165, 1.54) is 5.56 Å². The average Bonchev–Trinajstić information content (AvgIpc) is 2.83. The van der Waals surface area contributed by atoms with E-state index in [-0.39, 0.29) is 5.54 Å². The molecule has 1 fully saturated rings. The first-order chi connectivity index (χ1) is 9.30. The minimum absolute atomic E-state index is 0.134. The highest BCUT2D eigenvalue weighted by molar-refractivity contribution is 8.14. The predicted molar refractivity (Wildman–Crippen MR) is 82.1 cm³/mol. The molecule has 1 aromatic carbocycles. The fourth-order valence-electron chi connectivity index (χ4n) is 2.50. The Kier molecular flexibility index (Phi) is 3.80. The van der Waals surface area contributed by atoms with Gasteiger partial charge in [-0.25, -0.2) is 0 Å². The van der Waals surface area contributed by atoms with Crippen LogP contribution in [-0.2, 0) is 11.2 Å². The van der Waals surface area contributed by atoms with E-state index >= 15 is 0 Å². The highest BCUT2D eigenvalue weighted by Crippen LogP contribution is 2.36. The van der Waals surface area contributed by atoms with Gasteiger partial charge in [0.05, 0.1) is 5.54 Å². The standard InChI is InChI=1S/C15H20N2OS/c1-2-12-3-5-13(6-4-12)16-14-17-15(11-19-14)7-9-18-10-8-15/h3-6H,2,7-11H2,1H3,(H,16,17). The van der Waals surface area contributed by atoms with E-state index < -0.39 is 0 Å². The lowest BCUT2D eigenvalue weighted by molar-refractivity contribution is 0.0624. The smallest absolute Gasteiger partial charge is 0.161 e. The number of rotatable bonds is 2. The molecule has 1 spiro atoms. The molecule has 0 radical (unpaired) electrons. The van der Waals surface area contributed by atoms with Gasteiger partial charge in [0.25, 0.3) is 0 Å². The summed E-state index contributed by atoms with van der Waals surface area (Å²) in [6.07, 6.45) is 3.19. The SMILES string of the molecule is CCc1ccc(NC2=NC3(CCOCC3)CS2)cc1. The summed E-state index contributed by atoms with van der Waals surface area (Å²) >= 11 is 1.84. The molecule has 2 heterocycles. The minimum Gasteiger partial charge on any atom is -0.381 e. The molecular weight excluding hydrogens is 256 g/mol. The van der Waals surface area contributed by atoms with Crippen molar-refractivity contribution in [1.29, 1.82) is 0 Å². The summed E-state index contributed by atoms with van der Waals surface area (Å²) in [4.78, 5) is 4.91. The largest absolute Gasteiger partial charge is 0.381 e. The zero-order chi connectivity index (χ0) is 13.1. The molecule has 1 N–H and O–H groups in total. The summed E-state index contributed by atoms with van der Waals surface area (Å²) in [5.74, 6) is 1.09. The fraction of sp³-hybridized carbons (Fsp3) is 0.533. The van der Waals surface area contributed by atoms with Crippen molar-refractivity contribution in [3.63, 3.8) is 0 Å². The number of aryl methyl sites for hydroxylation is 1. The van der Waals surface area contributed by atoms with Gasteiger partial charge in [0, 0.05) is 24.7 Å². The van der Waals surface area contributed by atoms with Crippen LogP contribution in [0.15, 0.2) is 29.3 Å². The molecule has 0 unspecified atom stereocenters. The Morgan fingerprint density at radius 3 is 2.68 bits per heavy atom. The zero-order valence-corrected chi connectivity index (χ0v) is 12.1. The van der Waals surface area contributed by atoms with E-state index in [4.69, 9.17) is 9.73 Å². The lowest BCUT2D eigenvalue weighted by Gasteiger charge is -2.29. The van der Waals surface area contributed by atoms with E-state index in [2.05, 4.69) is 36.5 Å². The third-order valence-corrected chi connectivity index (χ3v) is 5.00. The molecular formula is C15H20N2OS. The summed E-state index contributed by atoms with van der Waals surface area (Å²) < 4.78 is 5.44. The predicted octanol–water partition coefficient (Wildman–Crippen LogP) is 3.31. The summed E-state index contributed by atoms with van der Waals surface area (Å²) in [6, 6.07) is 8.62. The first kappa shape index (κ1) is 13.0. The Labute approximate surface area is 118 Å². The Morgan fingerprint density at radius 1 is 1.26 bits per heavy atom. The molecule has 0 bridgehead atoms. The van der Waals surface area contributed by atoms with E-state index in [1.807, 2.05) is 11.8 Å². The summed E-state index contributed by atoms with van der Waals surface area (Å²) in [5.41, 5.74) is 2.63. The summed E-state index contributed by atoms with van der Waals surface area (Å²) in [5, 5.41) is 4.50. The molecule has 0 aliphatic carbocycles. The second kappa shape index (κ2) is 5.55. The first-order valence-electron chi connectivity index (χ1n) is 6.96. The fourth-order valence-corrected chi connectivity index (χ4v) is 3.71. The molecule has 1 aromatic rings. The van der Waals surface area contributed by atoms with Crippen molar-refractivity contribution in [2.24, 2.45) is 4.99 Å². The molecule has 102 valence electrons. The van der Waals surface area contributed by atoms with Gasteiger partial charge < -0.3 is 10.1 Å². The van der Waals surface area contributed by atoms with Crippen molar-refractivity contribution in [1.82, 2.24) is 0 Å². The molecule has 2 aliphatic heterocycles. The second-order valence-corrected chi connectivity index (χ2v) is 6.18. The number of ether oxygens (including phenoxy) is 1. The number of hydrogen-bond acceptors (Lipinski definition) is 4. The normalized spacial score (nSPS) is 21.4. The van der Waals surface area contributed by atoms with E-state index in [1.54, 1.807) is 0 Å². The van der Waals surface area contributed by atoms with Crippen molar-refractivity contribution in [3.05, 3.63) is 29.8 Å². The second-order valence-electron chi connectivity index (χ2n) is 5.22. The number of nitrogens with zero attached hydrogens (tertiary/aromatic N) is 1. The zero-order valence-electron chi connectivity index (χ0n) is 11.3. The Hall–Kier alpha value is -1.00. The molecule has 4 heteroatoms. The minimum atomic E-state index is 0.134. The maximum Gasteiger partial charge on any atom is 0.161 e. The number of hydrogen-bond donors (Lipinski definition) is 1. The molecule has 3 nitrogen and oxygen atoms in total. The molecule has 0 amide bonds. The van der Waals surface area contributed by atoms with Gasteiger partial charge in [-0.2, -0.15) is 0 Å². The highest BCUT2D eigenvalue weighted by Gasteiger charge is 2.37. The summed E-state index contributed by atoms with van der Waals surface area (Å²) in [7, 11) is 0. The van der Waals surface area contributed by atoms with Crippen LogP contribution in [-0.4, -0.2) is 29.7 Å². The molecule has 0 saturated carbocycles. The van der Waals surface area contributed by atoms with Crippen LogP contribution in [0, 0.1) is 0 Å². The molecule has 3 rings (SSSR count). The number of anilines is 1. The van der Waals surface area contributed by atoms with Crippen LogP contribution in [0.4, 0.5) is 5.69 Å². The van der Waals surface area contributed by atoms with Crippen LogP contribution < -0.4 is 5.32 Å². The number of amidine groups is 1. The lowest BCUT2D eigenvalue weighted by atomic mass is 9.93. The van der Waals surface area contributed by atoms with Crippen molar-refractivity contribution in [3.8, 4) is 0 Å². The van der Waals surface area contributed by atoms with E-state index in [9.17, 15) is 0 Å². The Bertz CT molecular complexity index is 464. The molecule has 2 aliphatic rings.